The molecule has 2 nitrogen and oxygen atoms in total. The first kappa shape index (κ1) is 36.8. The fourth-order valence-electron chi connectivity index (χ4n) is 9.12. The average Bonchev–Trinajstić information content (AvgIpc) is 3.69. The van der Waals surface area contributed by atoms with Crippen molar-refractivity contribution < 1.29 is 0 Å². The summed E-state index contributed by atoms with van der Waals surface area (Å²) in [6.07, 6.45) is 0. The molecule has 292 valence electrons. The molecule has 2 heteroatoms. The zero-order valence-corrected chi connectivity index (χ0v) is 34.1. The van der Waals surface area contributed by atoms with Crippen LogP contribution >= 0.6 is 0 Å². The minimum Gasteiger partial charge on any atom is -0.310 e. The number of para-hydroxylation sites is 3. The molecule has 11 aromatic rings. The van der Waals surface area contributed by atoms with E-state index in [0.29, 0.717) is 0 Å². The lowest BCUT2D eigenvalue weighted by Gasteiger charge is -2.27. The molecule has 0 atom stereocenters. The summed E-state index contributed by atoms with van der Waals surface area (Å²) in [5, 5.41) is 2.43. The summed E-state index contributed by atoms with van der Waals surface area (Å²) in [6, 6.07) is 92.1. The van der Waals surface area contributed by atoms with Crippen LogP contribution in [0.15, 0.2) is 255 Å². The van der Waals surface area contributed by atoms with E-state index in [9.17, 15) is 0 Å². The van der Waals surface area contributed by atoms with E-state index in [2.05, 4.69) is 264 Å². The van der Waals surface area contributed by atoms with Crippen LogP contribution in [0.5, 0.6) is 0 Å². The Morgan fingerprint density at radius 1 is 0.242 bits per heavy atom. The molecular weight excluding hydrogens is 749 g/mol. The van der Waals surface area contributed by atoms with Crippen molar-refractivity contribution in [1.29, 1.82) is 0 Å². The number of benzene rings is 10. The van der Waals surface area contributed by atoms with E-state index in [1.807, 2.05) is 0 Å². The third-order valence-corrected chi connectivity index (χ3v) is 12.0. The summed E-state index contributed by atoms with van der Waals surface area (Å²) in [5.41, 5.74) is 18.6. The number of hydrogen-bond acceptors (Lipinski definition) is 1. The predicted molar refractivity (Wildman–Crippen MR) is 263 cm³/mol. The van der Waals surface area contributed by atoms with E-state index in [0.717, 1.165) is 28.3 Å². The van der Waals surface area contributed by atoms with Crippen LogP contribution in [0.4, 0.5) is 17.1 Å². The van der Waals surface area contributed by atoms with Crippen LogP contribution in [0.2, 0.25) is 0 Å². The summed E-state index contributed by atoms with van der Waals surface area (Å²) in [6.45, 7) is 0. The molecule has 0 unspecified atom stereocenters. The molecule has 0 radical (unpaired) electrons. The van der Waals surface area contributed by atoms with Gasteiger partial charge in [0.2, 0.25) is 0 Å². The molecule has 0 bridgehead atoms. The lowest BCUT2D eigenvalue weighted by atomic mass is 9.92. The number of hydrogen-bond donors (Lipinski definition) is 0. The number of fused-ring (bicyclic) bond motifs is 3. The van der Waals surface area contributed by atoms with Crippen molar-refractivity contribution in [3.8, 4) is 61.3 Å². The smallest absolute Gasteiger partial charge is 0.0562 e. The Morgan fingerprint density at radius 3 is 1.40 bits per heavy atom. The minimum atomic E-state index is 1.08. The Balaban J connectivity index is 1.10. The fourth-order valence-corrected chi connectivity index (χ4v) is 9.12. The molecule has 0 saturated heterocycles. The van der Waals surface area contributed by atoms with Crippen molar-refractivity contribution in [2.24, 2.45) is 0 Å². The number of rotatable bonds is 9. The monoisotopic (exact) mass is 790 g/mol. The molecule has 0 aliphatic carbocycles. The first-order valence-corrected chi connectivity index (χ1v) is 21.3. The molecule has 62 heavy (non-hydrogen) atoms. The van der Waals surface area contributed by atoms with Crippen LogP contribution in [0.3, 0.4) is 0 Å². The highest BCUT2D eigenvalue weighted by Crippen LogP contribution is 2.44. The van der Waals surface area contributed by atoms with Crippen molar-refractivity contribution in [3.63, 3.8) is 0 Å². The third kappa shape index (κ3) is 6.74. The molecule has 0 N–H and O–H groups in total. The SMILES string of the molecule is c1ccc(-c2ccc(-c3ccc(N(c4ccccc4)c4ccc5c6ccccc6n(-c6ccccc6-c6ccccc6-c6ccccc6)c5c4)cc3-c3ccccc3)cc2)cc1. The van der Waals surface area contributed by atoms with Gasteiger partial charge in [0.1, 0.15) is 0 Å². The summed E-state index contributed by atoms with van der Waals surface area (Å²) < 4.78 is 2.46. The molecule has 10 aromatic carbocycles. The molecule has 11 rings (SSSR count). The molecule has 0 amide bonds. The molecule has 0 fully saturated rings. The second-order valence-corrected chi connectivity index (χ2v) is 15.7. The highest BCUT2D eigenvalue weighted by Gasteiger charge is 2.21. The molecule has 0 spiro atoms. The molecular formula is C60H42N2. The van der Waals surface area contributed by atoms with Gasteiger partial charge in [-0.1, -0.05) is 206 Å². The summed E-state index contributed by atoms with van der Waals surface area (Å²) in [4.78, 5) is 2.40. The molecule has 1 heterocycles. The summed E-state index contributed by atoms with van der Waals surface area (Å²) in [5.74, 6) is 0. The topological polar surface area (TPSA) is 8.17 Å². The van der Waals surface area contributed by atoms with Crippen LogP contribution in [-0.2, 0) is 0 Å². The van der Waals surface area contributed by atoms with Gasteiger partial charge < -0.3 is 9.47 Å². The van der Waals surface area contributed by atoms with Gasteiger partial charge in [-0.15, -0.1) is 0 Å². The zero-order chi connectivity index (χ0) is 41.2. The van der Waals surface area contributed by atoms with Crippen molar-refractivity contribution in [1.82, 2.24) is 4.57 Å². The molecule has 0 saturated carbocycles. The zero-order valence-electron chi connectivity index (χ0n) is 34.1. The summed E-state index contributed by atoms with van der Waals surface area (Å²) >= 11 is 0. The highest BCUT2D eigenvalue weighted by atomic mass is 15.1. The lowest BCUT2D eigenvalue weighted by molar-refractivity contribution is 1.18. The normalized spacial score (nSPS) is 11.2. The van der Waals surface area contributed by atoms with E-state index < -0.39 is 0 Å². The van der Waals surface area contributed by atoms with Gasteiger partial charge in [-0.05, 0) is 98.6 Å². The Kier molecular flexibility index (Phi) is 9.57. The average molecular weight is 791 g/mol. The number of aromatic nitrogens is 1. The van der Waals surface area contributed by atoms with Gasteiger partial charge in [0.25, 0.3) is 0 Å². The largest absolute Gasteiger partial charge is 0.310 e. The van der Waals surface area contributed by atoms with Crippen LogP contribution in [0.1, 0.15) is 0 Å². The van der Waals surface area contributed by atoms with Crippen LogP contribution in [-0.4, -0.2) is 4.57 Å². The Bertz CT molecular complexity index is 3310. The van der Waals surface area contributed by atoms with Gasteiger partial charge in [-0.3, -0.25) is 0 Å². The Morgan fingerprint density at radius 2 is 0.694 bits per heavy atom. The highest BCUT2D eigenvalue weighted by molar-refractivity contribution is 6.11. The van der Waals surface area contributed by atoms with Crippen molar-refractivity contribution in [3.05, 3.63) is 255 Å². The van der Waals surface area contributed by atoms with Gasteiger partial charge in [-0.2, -0.15) is 0 Å². The molecule has 1 aromatic heterocycles. The van der Waals surface area contributed by atoms with Gasteiger partial charge in [0.05, 0.1) is 16.7 Å². The third-order valence-electron chi connectivity index (χ3n) is 12.0. The van der Waals surface area contributed by atoms with E-state index in [1.54, 1.807) is 0 Å². The fraction of sp³-hybridized carbons (Fsp3) is 0. The van der Waals surface area contributed by atoms with Crippen LogP contribution in [0.25, 0.3) is 83.1 Å². The van der Waals surface area contributed by atoms with Crippen LogP contribution in [0, 0.1) is 0 Å². The predicted octanol–water partition coefficient (Wildman–Crippen LogP) is 16.6. The van der Waals surface area contributed by atoms with Gasteiger partial charge in [-0.25, -0.2) is 0 Å². The Hall–Kier alpha value is -8.20. The summed E-state index contributed by atoms with van der Waals surface area (Å²) in [7, 11) is 0. The number of nitrogens with zero attached hydrogens (tertiary/aromatic N) is 2. The lowest BCUT2D eigenvalue weighted by Crippen LogP contribution is -2.10. The van der Waals surface area contributed by atoms with E-state index in [4.69, 9.17) is 0 Å². The van der Waals surface area contributed by atoms with Crippen molar-refractivity contribution in [2.45, 2.75) is 0 Å². The first-order valence-electron chi connectivity index (χ1n) is 21.3. The van der Waals surface area contributed by atoms with E-state index in [1.165, 1.54) is 71.9 Å². The Labute approximate surface area is 362 Å². The van der Waals surface area contributed by atoms with Gasteiger partial charge in [0.15, 0.2) is 0 Å². The maximum absolute atomic E-state index is 2.46. The maximum atomic E-state index is 2.46. The van der Waals surface area contributed by atoms with Gasteiger partial charge in [0, 0.05) is 33.4 Å². The quantitative estimate of drug-likeness (QED) is 0.141. The standard InChI is InChI=1S/C60H42N2/c1-5-19-43(20-6-1)44-33-35-47(36-34-44)52-39-37-49(41-57(52)46-23-9-3-10-24-46)61(48-25-11-4-12-26-48)50-38-40-56-55-30-16-18-32-59(55)62(60(56)42-50)58-31-17-15-29-54(58)53-28-14-13-27-51(53)45-21-7-2-8-22-45/h1-42H. The molecule has 0 aliphatic heterocycles. The first-order chi connectivity index (χ1) is 30.8. The minimum absolute atomic E-state index is 1.08. The van der Waals surface area contributed by atoms with Gasteiger partial charge >= 0.3 is 0 Å². The second-order valence-electron chi connectivity index (χ2n) is 15.7. The number of anilines is 3. The molecule has 0 aliphatic rings. The second kappa shape index (κ2) is 16.1. The van der Waals surface area contributed by atoms with Crippen molar-refractivity contribution >= 4 is 38.9 Å². The van der Waals surface area contributed by atoms with Crippen molar-refractivity contribution in [2.75, 3.05) is 4.90 Å². The van der Waals surface area contributed by atoms with Crippen LogP contribution < -0.4 is 4.90 Å². The van der Waals surface area contributed by atoms with E-state index in [-0.39, 0.29) is 0 Å². The maximum Gasteiger partial charge on any atom is 0.0562 e. The van der Waals surface area contributed by atoms with E-state index >= 15 is 0 Å².